The van der Waals surface area contributed by atoms with Crippen LogP contribution in [0.2, 0.25) is 5.02 Å². The molecular weight excluding hydrogens is 716 g/mol. The van der Waals surface area contributed by atoms with Crippen molar-refractivity contribution in [3.05, 3.63) is 100.0 Å². The number of aromatic carboxylic acids is 1. The van der Waals surface area contributed by atoms with Gasteiger partial charge in [-0.25, -0.2) is 4.79 Å². The number of hydrogen-bond donors (Lipinski definition) is 1. The second kappa shape index (κ2) is 11.3. The predicted molar refractivity (Wildman–Crippen MR) is 153 cm³/mol. The monoisotopic (exact) mass is 731 g/mol. The van der Waals surface area contributed by atoms with Gasteiger partial charge in [-0.05, 0) is 116 Å². The molecule has 0 aliphatic carbocycles. The molecule has 0 spiro atoms. The van der Waals surface area contributed by atoms with Crippen LogP contribution < -0.4 is 4.74 Å². The highest BCUT2D eigenvalue weighted by atomic mass is 127. The van der Waals surface area contributed by atoms with E-state index in [4.69, 9.17) is 21.4 Å². The van der Waals surface area contributed by atoms with Gasteiger partial charge in [-0.3, -0.25) is 14.5 Å². The van der Waals surface area contributed by atoms with Gasteiger partial charge in [-0.2, -0.15) is 0 Å². The normalized spacial score (nSPS) is 14.6. The SMILES string of the molecule is O=C(O)c1ccc(COc2c(I)cc(/C=C3\SC(=O)N(Cc4ccc(Cl)cc4)C3=O)cc2I)cc1. The first kappa shape index (κ1) is 26.0. The molecule has 35 heavy (non-hydrogen) atoms. The molecule has 1 heterocycles. The summed E-state index contributed by atoms with van der Waals surface area (Å²) >= 11 is 11.2. The lowest BCUT2D eigenvalue weighted by molar-refractivity contribution is -0.123. The molecule has 1 fully saturated rings. The summed E-state index contributed by atoms with van der Waals surface area (Å²) in [6.07, 6.45) is 1.71. The van der Waals surface area contributed by atoms with E-state index in [0.717, 1.165) is 35.6 Å². The van der Waals surface area contributed by atoms with E-state index in [1.807, 2.05) is 12.1 Å². The maximum absolute atomic E-state index is 12.9. The first-order valence-electron chi connectivity index (χ1n) is 10.1. The van der Waals surface area contributed by atoms with E-state index >= 15 is 0 Å². The highest BCUT2D eigenvalue weighted by molar-refractivity contribution is 14.1. The second-order valence-corrected chi connectivity index (χ2v) is 11.3. The van der Waals surface area contributed by atoms with Crippen LogP contribution in [0.15, 0.2) is 65.6 Å². The lowest BCUT2D eigenvalue weighted by Gasteiger charge is -2.13. The number of carbonyl (C=O) groups excluding carboxylic acids is 2. The summed E-state index contributed by atoms with van der Waals surface area (Å²) in [5, 5.41) is 9.30. The van der Waals surface area contributed by atoms with Crippen molar-refractivity contribution in [2.45, 2.75) is 13.2 Å². The van der Waals surface area contributed by atoms with Crippen LogP contribution in [0.1, 0.15) is 27.0 Å². The molecule has 1 N–H and O–H groups in total. The van der Waals surface area contributed by atoms with Crippen LogP contribution in [0.25, 0.3) is 6.08 Å². The summed E-state index contributed by atoms with van der Waals surface area (Å²) in [7, 11) is 0. The van der Waals surface area contributed by atoms with Gasteiger partial charge in [0.25, 0.3) is 11.1 Å². The van der Waals surface area contributed by atoms with Gasteiger partial charge in [0.15, 0.2) is 0 Å². The molecule has 1 saturated heterocycles. The summed E-state index contributed by atoms with van der Waals surface area (Å²) in [6, 6.07) is 17.3. The molecule has 0 unspecified atom stereocenters. The molecule has 6 nitrogen and oxygen atoms in total. The van der Waals surface area contributed by atoms with Gasteiger partial charge in [0.1, 0.15) is 12.4 Å². The summed E-state index contributed by atoms with van der Waals surface area (Å²) in [4.78, 5) is 37.9. The number of ether oxygens (including phenoxy) is 1. The molecule has 10 heteroatoms. The maximum Gasteiger partial charge on any atom is 0.335 e. The molecule has 0 aromatic heterocycles. The summed E-state index contributed by atoms with van der Waals surface area (Å²) in [6.45, 7) is 0.475. The lowest BCUT2D eigenvalue weighted by Crippen LogP contribution is -2.27. The zero-order chi connectivity index (χ0) is 25.1. The van der Waals surface area contributed by atoms with Crippen LogP contribution >= 0.6 is 68.5 Å². The maximum atomic E-state index is 12.9. The Kier molecular flexibility index (Phi) is 8.40. The number of carbonyl (C=O) groups is 3. The molecular formula is C25H16ClI2NO5S. The number of benzene rings is 3. The highest BCUT2D eigenvalue weighted by Gasteiger charge is 2.35. The smallest absolute Gasteiger partial charge is 0.335 e. The van der Waals surface area contributed by atoms with Crippen molar-refractivity contribution < 1.29 is 24.2 Å². The zero-order valence-electron chi connectivity index (χ0n) is 17.8. The molecule has 1 aliphatic heterocycles. The third-order valence-electron chi connectivity index (χ3n) is 5.03. The largest absolute Gasteiger partial charge is 0.487 e. The van der Waals surface area contributed by atoms with E-state index in [0.29, 0.717) is 15.7 Å². The van der Waals surface area contributed by atoms with Crippen LogP contribution in [-0.4, -0.2) is 27.1 Å². The van der Waals surface area contributed by atoms with Gasteiger partial charge in [-0.15, -0.1) is 0 Å². The van der Waals surface area contributed by atoms with E-state index in [1.54, 1.807) is 54.6 Å². The molecule has 3 aromatic rings. The molecule has 178 valence electrons. The van der Waals surface area contributed by atoms with E-state index < -0.39 is 5.97 Å². The Hall–Kier alpha value is -2.09. The van der Waals surface area contributed by atoms with Gasteiger partial charge in [0, 0.05) is 5.02 Å². The number of nitrogens with zero attached hydrogens (tertiary/aromatic N) is 1. The molecule has 0 radical (unpaired) electrons. The zero-order valence-corrected chi connectivity index (χ0v) is 23.7. The minimum absolute atomic E-state index is 0.189. The van der Waals surface area contributed by atoms with E-state index in [2.05, 4.69) is 45.2 Å². The minimum atomic E-state index is -0.972. The number of halogens is 3. The molecule has 4 rings (SSSR count). The molecule has 3 aromatic carbocycles. The van der Waals surface area contributed by atoms with Crippen LogP contribution in [0, 0.1) is 7.14 Å². The third-order valence-corrected chi connectivity index (χ3v) is 7.79. The van der Waals surface area contributed by atoms with Crippen LogP contribution in [0.5, 0.6) is 5.75 Å². The fourth-order valence-corrected chi connectivity index (χ4v) is 6.35. The first-order chi connectivity index (χ1) is 16.7. The van der Waals surface area contributed by atoms with Crippen molar-refractivity contribution in [1.29, 1.82) is 0 Å². The standard InChI is InChI=1S/C25H16ClI2NO5S/c26-18-7-3-14(4-8-18)12-29-23(30)21(35-25(29)33)11-16-9-19(27)22(20(28)10-16)34-13-15-1-5-17(6-2-15)24(31)32/h1-11H,12-13H2,(H,31,32)/b21-11-. The number of imide groups is 1. The Labute approximate surface area is 238 Å². The molecule has 2 amide bonds. The fourth-order valence-electron chi connectivity index (χ4n) is 3.26. The van der Waals surface area contributed by atoms with E-state index in [-0.39, 0.29) is 29.9 Å². The summed E-state index contributed by atoms with van der Waals surface area (Å²) in [5.41, 5.74) is 2.68. The quantitative estimate of drug-likeness (QED) is 0.207. The highest BCUT2D eigenvalue weighted by Crippen LogP contribution is 2.35. The van der Waals surface area contributed by atoms with Crippen molar-refractivity contribution in [2.75, 3.05) is 0 Å². The van der Waals surface area contributed by atoms with Crippen LogP contribution in [0.3, 0.4) is 0 Å². The van der Waals surface area contributed by atoms with Crippen molar-refractivity contribution in [3.8, 4) is 5.75 Å². The summed E-state index contributed by atoms with van der Waals surface area (Å²) < 4.78 is 7.68. The number of carboxylic acids is 1. The van der Waals surface area contributed by atoms with E-state index in [9.17, 15) is 14.4 Å². The predicted octanol–water partition coefficient (Wildman–Crippen LogP) is 7.06. The molecule has 0 atom stereocenters. The van der Waals surface area contributed by atoms with Gasteiger partial charge >= 0.3 is 5.97 Å². The third kappa shape index (κ3) is 6.38. The number of thioether (sulfide) groups is 1. The Balaban J connectivity index is 1.47. The van der Waals surface area contributed by atoms with Crippen molar-refractivity contribution >= 4 is 91.7 Å². The van der Waals surface area contributed by atoms with Crippen molar-refractivity contribution in [2.24, 2.45) is 0 Å². The minimum Gasteiger partial charge on any atom is -0.487 e. The Bertz CT molecular complexity index is 1320. The average molecular weight is 732 g/mol. The molecule has 0 bridgehead atoms. The molecule has 1 aliphatic rings. The number of carboxylic acid groups (broad SMARTS) is 1. The van der Waals surface area contributed by atoms with Crippen molar-refractivity contribution in [1.82, 2.24) is 4.90 Å². The number of amides is 2. The van der Waals surface area contributed by atoms with Gasteiger partial charge < -0.3 is 9.84 Å². The van der Waals surface area contributed by atoms with Crippen LogP contribution in [0.4, 0.5) is 4.79 Å². The summed E-state index contributed by atoms with van der Waals surface area (Å²) in [5.74, 6) is -0.605. The lowest BCUT2D eigenvalue weighted by atomic mass is 10.1. The van der Waals surface area contributed by atoms with Crippen LogP contribution in [-0.2, 0) is 17.9 Å². The molecule has 0 saturated carbocycles. The van der Waals surface area contributed by atoms with Crippen molar-refractivity contribution in [3.63, 3.8) is 0 Å². The Morgan fingerprint density at radius 1 is 1.00 bits per heavy atom. The topological polar surface area (TPSA) is 83.9 Å². The first-order valence-corrected chi connectivity index (χ1v) is 13.5. The van der Waals surface area contributed by atoms with Gasteiger partial charge in [0.05, 0.1) is 24.2 Å². The Morgan fingerprint density at radius 2 is 1.60 bits per heavy atom. The fraction of sp³-hybridized carbons (Fsp3) is 0.0800. The van der Waals surface area contributed by atoms with E-state index in [1.165, 1.54) is 4.90 Å². The number of rotatable bonds is 7. The van der Waals surface area contributed by atoms with Gasteiger partial charge in [0.2, 0.25) is 0 Å². The number of hydrogen-bond acceptors (Lipinski definition) is 5. The Morgan fingerprint density at radius 3 is 2.20 bits per heavy atom. The van der Waals surface area contributed by atoms with Gasteiger partial charge in [-0.1, -0.05) is 35.9 Å². The second-order valence-electron chi connectivity index (χ2n) is 7.50. The average Bonchev–Trinajstić information content (AvgIpc) is 3.07.